The van der Waals surface area contributed by atoms with Crippen LogP contribution in [0.1, 0.15) is 42.7 Å². The fourth-order valence-corrected chi connectivity index (χ4v) is 8.30. The number of rotatable bonds is 5. The van der Waals surface area contributed by atoms with Gasteiger partial charge < -0.3 is 5.32 Å². The van der Waals surface area contributed by atoms with Crippen LogP contribution in [0.15, 0.2) is 82.6 Å². The highest BCUT2D eigenvalue weighted by molar-refractivity contribution is 8.00. The van der Waals surface area contributed by atoms with E-state index >= 15 is 0 Å². The Morgan fingerprint density at radius 3 is 2.07 bits per heavy atom. The minimum atomic E-state index is -0.863. The molecular formula is C32H27F2N3O4S2. The molecule has 3 aromatic carbocycles. The zero-order chi connectivity index (χ0) is 30.6. The number of amides is 3. The van der Waals surface area contributed by atoms with Gasteiger partial charge in [0.15, 0.2) is 0 Å². The lowest BCUT2D eigenvalue weighted by Crippen LogP contribution is -2.33. The number of benzene rings is 3. The van der Waals surface area contributed by atoms with E-state index in [0.717, 1.165) is 39.1 Å². The first-order chi connectivity index (χ1) is 20.4. The molecule has 1 saturated heterocycles. The van der Waals surface area contributed by atoms with E-state index in [-0.39, 0.29) is 17.6 Å². The zero-order valence-corrected chi connectivity index (χ0v) is 25.1. The lowest BCUT2D eigenvalue weighted by Gasteiger charge is -2.31. The van der Waals surface area contributed by atoms with Gasteiger partial charge in [-0.15, -0.1) is 0 Å². The summed E-state index contributed by atoms with van der Waals surface area (Å²) in [5, 5.41) is 2.26. The molecule has 0 saturated carbocycles. The Balaban J connectivity index is 1.41. The summed E-state index contributed by atoms with van der Waals surface area (Å²) in [6, 6.07) is 18.3. The Kier molecular flexibility index (Phi) is 7.34. The number of thioether (sulfide) groups is 1. The van der Waals surface area contributed by atoms with Crippen molar-refractivity contribution in [2.24, 2.45) is 5.92 Å². The molecule has 1 aromatic heterocycles. The minimum absolute atomic E-state index is 0.112. The molecular weight excluding hydrogens is 592 g/mol. The van der Waals surface area contributed by atoms with Crippen LogP contribution in [0.25, 0.3) is 0 Å². The SMILES string of the molecule is CC(C)(C)c1ccc([C@@H]2c3sc(=O)n(CC(=O)Nc4ccc(F)cc4)c3S[C@H]3C(=O)N(c4ccc(F)cc4)C(=O)[C@@H]23)cc1. The summed E-state index contributed by atoms with van der Waals surface area (Å²) in [4.78, 5) is 55.4. The van der Waals surface area contributed by atoms with Crippen LogP contribution in [-0.4, -0.2) is 27.5 Å². The molecule has 1 fully saturated rings. The molecule has 6 rings (SSSR count). The third kappa shape index (κ3) is 5.31. The van der Waals surface area contributed by atoms with Gasteiger partial charge in [-0.25, -0.2) is 13.7 Å². The summed E-state index contributed by atoms with van der Waals surface area (Å²) < 4.78 is 28.3. The molecule has 2 aliphatic heterocycles. The maximum Gasteiger partial charge on any atom is 0.308 e. The zero-order valence-electron chi connectivity index (χ0n) is 23.5. The lowest BCUT2D eigenvalue weighted by molar-refractivity contribution is -0.122. The van der Waals surface area contributed by atoms with Gasteiger partial charge in [0.05, 0.1) is 16.6 Å². The van der Waals surface area contributed by atoms with Crippen LogP contribution in [0.2, 0.25) is 0 Å². The number of hydrogen-bond acceptors (Lipinski definition) is 6. The molecule has 0 bridgehead atoms. The van der Waals surface area contributed by atoms with Crippen molar-refractivity contribution in [1.82, 2.24) is 4.57 Å². The fraction of sp³-hybridized carbons (Fsp3) is 0.250. The largest absolute Gasteiger partial charge is 0.325 e. The quantitative estimate of drug-likeness (QED) is 0.280. The van der Waals surface area contributed by atoms with E-state index in [2.05, 4.69) is 26.1 Å². The van der Waals surface area contributed by atoms with E-state index in [0.29, 0.717) is 15.6 Å². The maximum absolute atomic E-state index is 14.0. The van der Waals surface area contributed by atoms with Crippen LogP contribution in [-0.2, 0) is 26.3 Å². The summed E-state index contributed by atoms with van der Waals surface area (Å²) in [6.07, 6.45) is 0. The molecule has 0 radical (unpaired) electrons. The van der Waals surface area contributed by atoms with Crippen molar-refractivity contribution in [3.63, 3.8) is 0 Å². The van der Waals surface area contributed by atoms with Crippen molar-refractivity contribution in [2.75, 3.05) is 10.2 Å². The number of thiazole rings is 1. The molecule has 2 aliphatic rings. The second-order valence-electron chi connectivity index (χ2n) is 11.6. The van der Waals surface area contributed by atoms with Gasteiger partial charge in [-0.1, -0.05) is 68.1 Å². The monoisotopic (exact) mass is 619 g/mol. The second kappa shape index (κ2) is 10.9. The average Bonchev–Trinajstić information content (AvgIpc) is 3.40. The smallest absolute Gasteiger partial charge is 0.308 e. The topological polar surface area (TPSA) is 88.5 Å². The molecule has 1 N–H and O–H groups in total. The van der Waals surface area contributed by atoms with Crippen LogP contribution >= 0.6 is 23.1 Å². The number of aromatic nitrogens is 1. The second-order valence-corrected chi connectivity index (χ2v) is 13.7. The molecule has 0 spiro atoms. The van der Waals surface area contributed by atoms with Gasteiger partial charge in [0.1, 0.15) is 23.4 Å². The molecule has 0 aliphatic carbocycles. The number of hydrogen-bond donors (Lipinski definition) is 1. The molecule has 0 unspecified atom stereocenters. The van der Waals surface area contributed by atoms with Crippen molar-refractivity contribution in [3.8, 4) is 0 Å². The lowest BCUT2D eigenvalue weighted by atomic mass is 9.81. The molecule has 4 aromatic rings. The van der Waals surface area contributed by atoms with Crippen LogP contribution < -0.4 is 15.1 Å². The van der Waals surface area contributed by atoms with Crippen molar-refractivity contribution < 1.29 is 23.2 Å². The first kappa shape index (κ1) is 29.0. The molecule has 11 heteroatoms. The highest BCUT2D eigenvalue weighted by Crippen LogP contribution is 2.54. The van der Waals surface area contributed by atoms with E-state index in [1.165, 1.54) is 53.1 Å². The predicted molar refractivity (Wildman–Crippen MR) is 163 cm³/mol. The summed E-state index contributed by atoms with van der Waals surface area (Å²) in [6.45, 7) is 5.95. The van der Waals surface area contributed by atoms with E-state index in [9.17, 15) is 28.0 Å². The highest BCUT2D eigenvalue weighted by Gasteiger charge is 2.56. The number of imide groups is 1. The summed E-state index contributed by atoms with van der Waals surface area (Å²) in [5.41, 5.74) is 2.39. The van der Waals surface area contributed by atoms with Crippen molar-refractivity contribution in [2.45, 2.75) is 48.9 Å². The van der Waals surface area contributed by atoms with Gasteiger partial charge in [0.25, 0.3) is 0 Å². The molecule has 3 atom stereocenters. The standard InChI is InChI=1S/C32H27F2N3O4S2/c1-32(2,3)18-6-4-17(5-7-18)24-25-26(29(40)37(28(25)39)22-14-10-20(34)11-15-22)42-30-27(24)43-31(41)36(30)16-23(38)35-21-12-8-19(33)9-13-21/h4-15,24-26H,16H2,1-3H3,(H,35,38)/t24-,25-,26+/m0/s1. The van der Waals surface area contributed by atoms with Gasteiger partial charge in [-0.3, -0.25) is 23.7 Å². The van der Waals surface area contributed by atoms with Crippen molar-refractivity contribution in [1.29, 1.82) is 0 Å². The summed E-state index contributed by atoms with van der Waals surface area (Å²) >= 11 is 2.06. The third-order valence-electron chi connectivity index (χ3n) is 7.70. The normalized spacial score (nSPS) is 19.7. The third-order valence-corrected chi connectivity index (χ3v) is 10.3. The van der Waals surface area contributed by atoms with Crippen LogP contribution in [0.3, 0.4) is 0 Å². The average molecular weight is 620 g/mol. The van der Waals surface area contributed by atoms with Crippen LogP contribution in [0, 0.1) is 17.6 Å². The fourth-order valence-electron chi connectivity index (χ4n) is 5.53. The van der Waals surface area contributed by atoms with Crippen molar-refractivity contribution >= 4 is 52.2 Å². The van der Waals surface area contributed by atoms with E-state index in [4.69, 9.17) is 0 Å². The number of nitrogens with one attached hydrogen (secondary N) is 1. The van der Waals surface area contributed by atoms with Gasteiger partial charge in [0, 0.05) is 16.5 Å². The van der Waals surface area contributed by atoms with Gasteiger partial charge in [0.2, 0.25) is 17.7 Å². The van der Waals surface area contributed by atoms with Crippen LogP contribution in [0.4, 0.5) is 20.2 Å². The van der Waals surface area contributed by atoms with Crippen molar-refractivity contribution in [3.05, 3.63) is 110 Å². The molecule has 43 heavy (non-hydrogen) atoms. The highest BCUT2D eigenvalue weighted by atomic mass is 32.2. The Morgan fingerprint density at radius 1 is 0.860 bits per heavy atom. The Bertz CT molecular complexity index is 1790. The number of halogens is 2. The molecule has 3 amide bonds. The first-order valence-electron chi connectivity index (χ1n) is 13.6. The predicted octanol–water partition coefficient (Wildman–Crippen LogP) is 5.92. The molecule has 3 heterocycles. The van der Waals surface area contributed by atoms with Gasteiger partial charge >= 0.3 is 4.87 Å². The summed E-state index contributed by atoms with van der Waals surface area (Å²) in [7, 11) is 0. The number of nitrogens with zero attached hydrogens (tertiary/aromatic N) is 2. The Morgan fingerprint density at radius 2 is 1.47 bits per heavy atom. The number of carbonyl (C=O) groups is 3. The van der Waals surface area contributed by atoms with E-state index in [1.54, 1.807) is 0 Å². The number of carbonyl (C=O) groups excluding carboxylic acids is 3. The Labute approximate surface area is 254 Å². The molecule has 220 valence electrons. The molecule has 7 nitrogen and oxygen atoms in total. The summed E-state index contributed by atoms with van der Waals surface area (Å²) in [5.74, 6) is -3.74. The maximum atomic E-state index is 14.0. The minimum Gasteiger partial charge on any atom is -0.325 e. The van der Waals surface area contributed by atoms with Crippen LogP contribution in [0.5, 0.6) is 0 Å². The van der Waals surface area contributed by atoms with E-state index < -0.39 is 51.3 Å². The first-order valence-corrected chi connectivity index (χ1v) is 15.3. The Hall–Kier alpha value is -4.09. The van der Waals surface area contributed by atoms with E-state index in [1.807, 2.05) is 24.3 Å². The van der Waals surface area contributed by atoms with Gasteiger partial charge in [-0.2, -0.15) is 0 Å². The number of fused-ring (bicyclic) bond motifs is 2. The number of anilines is 2. The van der Waals surface area contributed by atoms with Gasteiger partial charge in [-0.05, 0) is 65.1 Å².